The highest BCUT2D eigenvalue weighted by Gasteiger charge is 2.30. The van der Waals surface area contributed by atoms with Gasteiger partial charge in [-0.2, -0.15) is 0 Å². The summed E-state index contributed by atoms with van der Waals surface area (Å²) in [6.07, 6.45) is 2.06. The number of amides is 1. The lowest BCUT2D eigenvalue weighted by Gasteiger charge is -2.34. The van der Waals surface area contributed by atoms with Gasteiger partial charge in [0.15, 0.2) is 0 Å². The van der Waals surface area contributed by atoms with Gasteiger partial charge in [0.05, 0.1) is 18.6 Å². The SMILES string of the molecule is CCc1ccc(C2NCC(=O)NC2c2ccc(CC)cc2)cc1. The lowest BCUT2D eigenvalue weighted by molar-refractivity contribution is -0.123. The van der Waals surface area contributed by atoms with Gasteiger partial charge in [-0.25, -0.2) is 0 Å². The van der Waals surface area contributed by atoms with E-state index < -0.39 is 0 Å². The Bertz CT molecular complexity index is 661. The minimum atomic E-state index is -0.0327. The van der Waals surface area contributed by atoms with Crippen LogP contribution in [-0.2, 0) is 17.6 Å². The van der Waals surface area contributed by atoms with Gasteiger partial charge in [0.1, 0.15) is 0 Å². The zero-order valence-corrected chi connectivity index (χ0v) is 13.8. The maximum absolute atomic E-state index is 11.9. The zero-order valence-electron chi connectivity index (χ0n) is 13.8. The van der Waals surface area contributed by atoms with Gasteiger partial charge in [0.25, 0.3) is 0 Å². The number of piperazine rings is 1. The zero-order chi connectivity index (χ0) is 16.2. The Morgan fingerprint density at radius 1 is 0.826 bits per heavy atom. The molecule has 1 amide bonds. The molecule has 2 unspecified atom stereocenters. The van der Waals surface area contributed by atoms with E-state index in [0.717, 1.165) is 18.4 Å². The fraction of sp³-hybridized carbons (Fsp3) is 0.350. The van der Waals surface area contributed by atoms with E-state index in [0.29, 0.717) is 6.54 Å². The first-order chi connectivity index (χ1) is 11.2. The van der Waals surface area contributed by atoms with Crippen molar-refractivity contribution >= 4 is 5.91 Å². The molecule has 2 atom stereocenters. The molecule has 2 aromatic rings. The third-order valence-electron chi connectivity index (χ3n) is 4.63. The molecule has 2 aromatic carbocycles. The van der Waals surface area contributed by atoms with Gasteiger partial charge in [-0.05, 0) is 35.1 Å². The van der Waals surface area contributed by atoms with Crippen LogP contribution in [0.1, 0.15) is 48.2 Å². The lowest BCUT2D eigenvalue weighted by Crippen LogP contribution is -2.49. The number of rotatable bonds is 4. The highest BCUT2D eigenvalue weighted by atomic mass is 16.2. The van der Waals surface area contributed by atoms with Crippen LogP contribution in [0, 0.1) is 0 Å². The molecule has 120 valence electrons. The lowest BCUT2D eigenvalue weighted by atomic mass is 9.90. The Balaban J connectivity index is 1.90. The van der Waals surface area contributed by atoms with Crippen LogP contribution >= 0.6 is 0 Å². The summed E-state index contributed by atoms with van der Waals surface area (Å²) in [5.41, 5.74) is 5.00. The van der Waals surface area contributed by atoms with Crippen molar-refractivity contribution in [3.05, 3.63) is 70.8 Å². The third-order valence-corrected chi connectivity index (χ3v) is 4.63. The molecular weight excluding hydrogens is 284 g/mol. The second kappa shape index (κ2) is 6.97. The predicted octanol–water partition coefficient (Wildman–Crippen LogP) is 3.31. The molecule has 3 rings (SSSR count). The molecule has 1 aliphatic heterocycles. The second-order valence-electron chi connectivity index (χ2n) is 6.09. The highest BCUT2D eigenvalue weighted by Crippen LogP contribution is 2.31. The highest BCUT2D eigenvalue weighted by molar-refractivity contribution is 5.79. The Kier molecular flexibility index (Phi) is 4.77. The summed E-state index contributed by atoms with van der Waals surface area (Å²) in [4.78, 5) is 11.9. The second-order valence-corrected chi connectivity index (χ2v) is 6.09. The van der Waals surface area contributed by atoms with Gasteiger partial charge in [-0.3, -0.25) is 10.1 Å². The maximum Gasteiger partial charge on any atom is 0.234 e. The van der Waals surface area contributed by atoms with Gasteiger partial charge in [-0.1, -0.05) is 62.4 Å². The maximum atomic E-state index is 11.9. The van der Waals surface area contributed by atoms with E-state index in [4.69, 9.17) is 0 Å². The predicted molar refractivity (Wildman–Crippen MR) is 93.3 cm³/mol. The van der Waals surface area contributed by atoms with Gasteiger partial charge in [-0.15, -0.1) is 0 Å². The van der Waals surface area contributed by atoms with E-state index in [-0.39, 0.29) is 18.0 Å². The van der Waals surface area contributed by atoms with Crippen molar-refractivity contribution in [3.63, 3.8) is 0 Å². The monoisotopic (exact) mass is 308 g/mol. The molecule has 23 heavy (non-hydrogen) atoms. The molecule has 2 N–H and O–H groups in total. The standard InChI is InChI=1S/C20H24N2O/c1-3-14-5-9-16(10-6-14)19-20(22-18(23)13-21-19)17-11-7-15(4-2)8-12-17/h5-12,19-21H,3-4,13H2,1-2H3,(H,22,23). The summed E-state index contributed by atoms with van der Waals surface area (Å²) in [6.45, 7) is 4.67. The molecule has 1 fully saturated rings. The molecule has 3 nitrogen and oxygen atoms in total. The van der Waals surface area contributed by atoms with Crippen molar-refractivity contribution in [3.8, 4) is 0 Å². The molecule has 0 aromatic heterocycles. The van der Waals surface area contributed by atoms with E-state index in [2.05, 4.69) is 73.0 Å². The van der Waals surface area contributed by atoms with Crippen molar-refractivity contribution in [2.45, 2.75) is 38.8 Å². The molecule has 1 saturated heterocycles. The smallest absolute Gasteiger partial charge is 0.234 e. The fourth-order valence-corrected chi connectivity index (χ4v) is 3.14. The van der Waals surface area contributed by atoms with Gasteiger partial charge in [0, 0.05) is 0 Å². The summed E-state index contributed by atoms with van der Waals surface area (Å²) in [6, 6.07) is 17.3. The quantitative estimate of drug-likeness (QED) is 0.910. The Hall–Kier alpha value is -2.13. The number of aryl methyl sites for hydroxylation is 2. The van der Waals surface area contributed by atoms with Crippen molar-refractivity contribution in [1.29, 1.82) is 0 Å². The molecule has 0 radical (unpaired) electrons. The summed E-state index contributed by atoms with van der Waals surface area (Å²) in [5, 5.41) is 6.53. The largest absolute Gasteiger partial charge is 0.346 e. The Labute approximate surface area is 138 Å². The molecule has 0 spiro atoms. The van der Waals surface area contributed by atoms with Crippen LogP contribution in [0.25, 0.3) is 0 Å². The van der Waals surface area contributed by atoms with Crippen LogP contribution in [0.4, 0.5) is 0 Å². The number of hydrogen-bond donors (Lipinski definition) is 2. The van der Waals surface area contributed by atoms with Crippen LogP contribution in [0.2, 0.25) is 0 Å². The number of carbonyl (C=O) groups excluding carboxylic acids is 1. The van der Waals surface area contributed by atoms with Crippen molar-refractivity contribution < 1.29 is 4.79 Å². The Morgan fingerprint density at radius 3 is 1.78 bits per heavy atom. The fourth-order valence-electron chi connectivity index (χ4n) is 3.14. The molecule has 0 bridgehead atoms. The van der Waals surface area contributed by atoms with Crippen molar-refractivity contribution in [2.75, 3.05) is 6.54 Å². The molecule has 1 heterocycles. The van der Waals surface area contributed by atoms with E-state index in [1.165, 1.54) is 16.7 Å². The summed E-state index contributed by atoms with van der Waals surface area (Å²) >= 11 is 0. The molecule has 0 aliphatic carbocycles. The van der Waals surface area contributed by atoms with Crippen LogP contribution < -0.4 is 10.6 Å². The van der Waals surface area contributed by atoms with Crippen LogP contribution in [0.15, 0.2) is 48.5 Å². The summed E-state index contributed by atoms with van der Waals surface area (Å²) < 4.78 is 0. The average Bonchev–Trinajstić information content (AvgIpc) is 2.62. The number of nitrogens with one attached hydrogen (secondary N) is 2. The first-order valence-corrected chi connectivity index (χ1v) is 8.41. The molecule has 3 heteroatoms. The summed E-state index contributed by atoms with van der Waals surface area (Å²) in [7, 11) is 0. The Morgan fingerprint density at radius 2 is 1.30 bits per heavy atom. The first kappa shape index (κ1) is 15.8. The summed E-state index contributed by atoms with van der Waals surface area (Å²) in [5.74, 6) is 0.0518. The van der Waals surface area contributed by atoms with Gasteiger partial charge >= 0.3 is 0 Å². The van der Waals surface area contributed by atoms with Crippen LogP contribution in [0.5, 0.6) is 0 Å². The number of carbonyl (C=O) groups is 1. The van der Waals surface area contributed by atoms with Gasteiger partial charge in [0.2, 0.25) is 5.91 Å². The van der Waals surface area contributed by atoms with Crippen molar-refractivity contribution in [1.82, 2.24) is 10.6 Å². The van der Waals surface area contributed by atoms with E-state index >= 15 is 0 Å². The molecule has 0 saturated carbocycles. The van der Waals surface area contributed by atoms with Gasteiger partial charge < -0.3 is 5.32 Å². The van der Waals surface area contributed by atoms with E-state index in [1.54, 1.807) is 0 Å². The minimum Gasteiger partial charge on any atom is -0.346 e. The van der Waals surface area contributed by atoms with Crippen molar-refractivity contribution in [2.24, 2.45) is 0 Å². The van der Waals surface area contributed by atoms with Crippen LogP contribution in [0.3, 0.4) is 0 Å². The van der Waals surface area contributed by atoms with E-state index in [1.807, 2.05) is 0 Å². The minimum absolute atomic E-state index is 0.0327. The van der Waals surface area contributed by atoms with E-state index in [9.17, 15) is 4.79 Å². The first-order valence-electron chi connectivity index (χ1n) is 8.41. The normalized spacial score (nSPS) is 21.0. The molecule has 1 aliphatic rings. The number of benzene rings is 2. The third kappa shape index (κ3) is 3.45. The number of hydrogen-bond acceptors (Lipinski definition) is 2. The molecular formula is C20H24N2O. The topological polar surface area (TPSA) is 41.1 Å². The van der Waals surface area contributed by atoms with Crippen LogP contribution in [-0.4, -0.2) is 12.5 Å². The average molecular weight is 308 g/mol.